The Morgan fingerprint density at radius 3 is 2.61 bits per heavy atom. The van der Waals surface area contributed by atoms with Crippen molar-refractivity contribution in [2.24, 2.45) is 7.05 Å². The van der Waals surface area contributed by atoms with Gasteiger partial charge in [-0.1, -0.05) is 0 Å². The number of ether oxygens (including phenoxy) is 2. The quantitative estimate of drug-likeness (QED) is 0.596. The molecule has 3 aromatic heterocycles. The zero-order valence-electron chi connectivity index (χ0n) is 17.4. The highest BCUT2D eigenvalue weighted by Gasteiger charge is 2.23. The van der Waals surface area contributed by atoms with Crippen molar-refractivity contribution in [1.29, 1.82) is 0 Å². The van der Waals surface area contributed by atoms with Crippen LogP contribution in [0.2, 0.25) is 0 Å². The molecule has 4 rings (SSSR count). The van der Waals surface area contributed by atoms with Gasteiger partial charge in [0.05, 0.1) is 32.2 Å². The molecule has 0 spiro atoms. The molecule has 1 aliphatic heterocycles. The molecule has 31 heavy (non-hydrogen) atoms. The SMILES string of the molecule is COc1ncc(-c2c(C)ncnc2N2CCOCC2)cc1NS(=O)(=O)c1cnn(C)c1. The molecule has 1 aliphatic rings. The summed E-state index contributed by atoms with van der Waals surface area (Å²) in [6.45, 7) is 4.50. The third-order valence-electron chi connectivity index (χ3n) is 4.90. The maximum atomic E-state index is 12.8. The van der Waals surface area contributed by atoms with Crippen molar-refractivity contribution in [3.63, 3.8) is 0 Å². The fourth-order valence-corrected chi connectivity index (χ4v) is 4.41. The van der Waals surface area contributed by atoms with Crippen LogP contribution in [-0.4, -0.2) is 66.6 Å². The van der Waals surface area contributed by atoms with E-state index in [1.165, 1.54) is 30.5 Å². The third kappa shape index (κ3) is 4.30. The average molecular weight is 446 g/mol. The second-order valence-electron chi connectivity index (χ2n) is 6.99. The van der Waals surface area contributed by atoms with Crippen LogP contribution in [0.1, 0.15) is 5.69 Å². The minimum absolute atomic E-state index is 0.0377. The highest BCUT2D eigenvalue weighted by Crippen LogP contribution is 2.35. The van der Waals surface area contributed by atoms with E-state index in [2.05, 4.69) is 29.7 Å². The summed E-state index contributed by atoms with van der Waals surface area (Å²) in [5, 5.41) is 3.93. The van der Waals surface area contributed by atoms with E-state index < -0.39 is 10.0 Å². The Morgan fingerprint density at radius 2 is 1.94 bits per heavy atom. The Balaban J connectivity index is 1.76. The summed E-state index contributed by atoms with van der Waals surface area (Å²) in [6.07, 6.45) is 5.83. The first-order valence-corrected chi connectivity index (χ1v) is 11.1. The largest absolute Gasteiger partial charge is 0.480 e. The molecule has 0 saturated carbocycles. The standard InChI is InChI=1S/C19H23N7O4S/c1-13-17(18(22-12-21-13)26-4-6-30-7-5-26)14-8-16(19(29-3)20-9-14)24-31(27,28)15-10-23-25(2)11-15/h8-12,24H,4-7H2,1-3H3. The highest BCUT2D eigenvalue weighted by atomic mass is 32.2. The second-order valence-corrected chi connectivity index (χ2v) is 8.68. The third-order valence-corrected chi connectivity index (χ3v) is 6.22. The average Bonchev–Trinajstić information content (AvgIpc) is 3.21. The number of aryl methyl sites for hydroxylation is 2. The molecule has 0 radical (unpaired) electrons. The van der Waals surface area contributed by atoms with Gasteiger partial charge < -0.3 is 14.4 Å². The monoisotopic (exact) mass is 445 g/mol. The van der Waals surface area contributed by atoms with Gasteiger partial charge in [-0.3, -0.25) is 9.40 Å². The van der Waals surface area contributed by atoms with Crippen LogP contribution in [0.5, 0.6) is 5.88 Å². The molecule has 3 aromatic rings. The number of nitrogens with zero attached hydrogens (tertiary/aromatic N) is 6. The summed E-state index contributed by atoms with van der Waals surface area (Å²) in [4.78, 5) is 15.3. The van der Waals surface area contributed by atoms with E-state index in [0.29, 0.717) is 31.9 Å². The molecule has 11 nitrogen and oxygen atoms in total. The Morgan fingerprint density at radius 1 is 1.16 bits per heavy atom. The van der Waals surface area contributed by atoms with Gasteiger partial charge in [-0.15, -0.1) is 0 Å². The van der Waals surface area contributed by atoms with E-state index in [4.69, 9.17) is 9.47 Å². The van der Waals surface area contributed by atoms with Crippen molar-refractivity contribution in [2.75, 3.05) is 43.0 Å². The molecule has 0 atom stereocenters. The number of pyridine rings is 1. The zero-order chi connectivity index (χ0) is 22.0. The van der Waals surface area contributed by atoms with Crippen LogP contribution < -0.4 is 14.4 Å². The molecule has 164 valence electrons. The van der Waals surface area contributed by atoms with Crippen molar-refractivity contribution in [1.82, 2.24) is 24.7 Å². The Bertz CT molecular complexity index is 1190. The number of morpholine rings is 1. The maximum absolute atomic E-state index is 12.8. The lowest BCUT2D eigenvalue weighted by molar-refractivity contribution is 0.122. The van der Waals surface area contributed by atoms with E-state index in [1.807, 2.05) is 6.92 Å². The van der Waals surface area contributed by atoms with E-state index in [9.17, 15) is 8.42 Å². The molecule has 0 aromatic carbocycles. The second kappa shape index (κ2) is 8.47. The molecular weight excluding hydrogens is 422 g/mol. The van der Waals surface area contributed by atoms with Gasteiger partial charge in [0.2, 0.25) is 5.88 Å². The first kappa shape index (κ1) is 21.0. The van der Waals surface area contributed by atoms with Gasteiger partial charge in [-0.25, -0.2) is 23.4 Å². The topological polar surface area (TPSA) is 124 Å². The van der Waals surface area contributed by atoms with Gasteiger partial charge in [0, 0.05) is 43.7 Å². The Labute approximate surface area is 180 Å². The van der Waals surface area contributed by atoms with Crippen LogP contribution in [-0.2, 0) is 21.8 Å². The smallest absolute Gasteiger partial charge is 0.265 e. The van der Waals surface area contributed by atoms with Crippen LogP contribution in [0.3, 0.4) is 0 Å². The Hall–Kier alpha value is -3.25. The normalized spacial score (nSPS) is 14.5. The minimum Gasteiger partial charge on any atom is -0.480 e. The predicted octanol–water partition coefficient (Wildman–Crippen LogP) is 1.23. The number of sulfonamides is 1. The molecule has 0 aliphatic carbocycles. The summed E-state index contributed by atoms with van der Waals surface area (Å²) in [5.74, 6) is 0.905. The summed E-state index contributed by atoms with van der Waals surface area (Å²) in [6, 6.07) is 1.68. The first-order chi connectivity index (χ1) is 14.9. The fraction of sp³-hybridized carbons (Fsp3) is 0.368. The van der Waals surface area contributed by atoms with Crippen molar-refractivity contribution in [3.8, 4) is 17.0 Å². The van der Waals surface area contributed by atoms with Crippen LogP contribution in [0.4, 0.5) is 11.5 Å². The van der Waals surface area contributed by atoms with Crippen molar-refractivity contribution in [2.45, 2.75) is 11.8 Å². The molecule has 0 bridgehead atoms. The lowest BCUT2D eigenvalue weighted by Crippen LogP contribution is -2.37. The number of nitrogens with one attached hydrogen (secondary N) is 1. The number of hydrogen-bond acceptors (Lipinski definition) is 9. The van der Waals surface area contributed by atoms with Crippen LogP contribution in [0.15, 0.2) is 35.9 Å². The number of methoxy groups -OCH3 is 1. The van der Waals surface area contributed by atoms with E-state index in [0.717, 1.165) is 17.1 Å². The lowest BCUT2D eigenvalue weighted by atomic mass is 10.1. The molecule has 1 fully saturated rings. The van der Waals surface area contributed by atoms with Crippen LogP contribution in [0.25, 0.3) is 11.1 Å². The highest BCUT2D eigenvalue weighted by molar-refractivity contribution is 7.92. The molecule has 4 heterocycles. The van der Waals surface area contributed by atoms with Gasteiger partial charge in [0.25, 0.3) is 10.0 Å². The van der Waals surface area contributed by atoms with Crippen LogP contribution in [0, 0.1) is 6.92 Å². The number of rotatable bonds is 6. The zero-order valence-corrected chi connectivity index (χ0v) is 18.3. The maximum Gasteiger partial charge on any atom is 0.265 e. The predicted molar refractivity (Wildman–Crippen MR) is 114 cm³/mol. The first-order valence-electron chi connectivity index (χ1n) is 9.59. The molecule has 12 heteroatoms. The van der Waals surface area contributed by atoms with E-state index in [-0.39, 0.29) is 16.5 Å². The molecule has 1 saturated heterocycles. The Kier molecular flexibility index (Phi) is 5.74. The molecule has 0 unspecified atom stereocenters. The van der Waals surface area contributed by atoms with Gasteiger partial charge in [-0.2, -0.15) is 5.10 Å². The number of aromatic nitrogens is 5. The molecular formula is C19H23N7O4S. The fourth-order valence-electron chi connectivity index (χ4n) is 3.38. The molecule has 0 amide bonds. The number of hydrogen-bond donors (Lipinski definition) is 1. The summed E-state index contributed by atoms with van der Waals surface area (Å²) >= 11 is 0. The van der Waals surface area contributed by atoms with Gasteiger partial charge in [0.1, 0.15) is 22.7 Å². The lowest BCUT2D eigenvalue weighted by Gasteiger charge is -2.29. The number of anilines is 2. The van der Waals surface area contributed by atoms with Crippen molar-refractivity contribution in [3.05, 3.63) is 36.7 Å². The molecule has 1 N–H and O–H groups in total. The van der Waals surface area contributed by atoms with Gasteiger partial charge in [0.15, 0.2) is 0 Å². The minimum atomic E-state index is -3.88. The van der Waals surface area contributed by atoms with Gasteiger partial charge >= 0.3 is 0 Å². The van der Waals surface area contributed by atoms with Crippen molar-refractivity contribution >= 4 is 21.5 Å². The van der Waals surface area contributed by atoms with E-state index in [1.54, 1.807) is 19.3 Å². The van der Waals surface area contributed by atoms with Crippen LogP contribution >= 0.6 is 0 Å². The summed E-state index contributed by atoms with van der Waals surface area (Å²) < 4.78 is 40.3. The van der Waals surface area contributed by atoms with E-state index >= 15 is 0 Å². The summed E-state index contributed by atoms with van der Waals surface area (Å²) in [5.41, 5.74) is 2.41. The van der Waals surface area contributed by atoms with Crippen molar-refractivity contribution < 1.29 is 17.9 Å². The van der Waals surface area contributed by atoms with Gasteiger partial charge in [-0.05, 0) is 13.0 Å². The summed E-state index contributed by atoms with van der Waals surface area (Å²) in [7, 11) is -0.800.